The summed E-state index contributed by atoms with van der Waals surface area (Å²) < 4.78 is 0. The lowest BCUT2D eigenvalue weighted by atomic mass is 9.85. The van der Waals surface area contributed by atoms with Crippen LogP contribution in [-0.2, 0) is 33.6 Å². The van der Waals surface area contributed by atoms with E-state index in [4.69, 9.17) is 10.8 Å². The lowest BCUT2D eigenvalue weighted by Crippen LogP contribution is -2.62. The van der Waals surface area contributed by atoms with E-state index in [9.17, 15) is 48.9 Å². The molecule has 0 aromatic rings. The maximum Gasteiger partial charge on any atom is 0.320 e. The van der Waals surface area contributed by atoms with Gasteiger partial charge in [0, 0.05) is 57.9 Å². The number of allylic oxidation sites excluding steroid dienone is 3. The van der Waals surface area contributed by atoms with Gasteiger partial charge in [0.2, 0.25) is 5.91 Å². The molecule has 4 atom stereocenters. The third-order valence-electron chi connectivity index (χ3n) is 12.4. The van der Waals surface area contributed by atoms with Gasteiger partial charge in [0.05, 0.1) is 43.2 Å². The van der Waals surface area contributed by atoms with E-state index < -0.39 is 52.9 Å². The molecule has 0 aliphatic heterocycles. The van der Waals surface area contributed by atoms with Gasteiger partial charge in [0.1, 0.15) is 6.04 Å². The van der Waals surface area contributed by atoms with Crippen LogP contribution < -0.4 is 21.7 Å². The van der Waals surface area contributed by atoms with E-state index >= 15 is 0 Å². The van der Waals surface area contributed by atoms with Crippen LogP contribution in [-0.4, -0.2) is 197 Å². The third kappa shape index (κ3) is 23.8. The number of Topliss-reactive ketones (excluding diaryl/α,β-unsaturated/α-hetero) is 2. The van der Waals surface area contributed by atoms with Gasteiger partial charge in [0.15, 0.2) is 11.6 Å². The Balaban J connectivity index is 3.21. The molecule has 380 valence electrons. The number of nitrogens with one attached hydrogen (secondary N) is 3. The number of aliphatic carboxylic acids is 4. The lowest BCUT2D eigenvalue weighted by molar-refractivity contribution is -0.141. The highest BCUT2D eigenvalue weighted by atomic mass is 16.4. The van der Waals surface area contributed by atoms with E-state index in [2.05, 4.69) is 27.4 Å². The molecule has 1 aliphatic rings. The Morgan fingerprint density at radius 3 is 1.96 bits per heavy atom. The van der Waals surface area contributed by atoms with E-state index in [1.807, 2.05) is 41.9 Å². The number of hydrogen-bond acceptors (Lipinski definition) is 14. The predicted octanol–water partition coefficient (Wildman–Crippen LogP) is 2.38. The molecular weight excluding hydrogens is 865 g/mol. The van der Waals surface area contributed by atoms with E-state index in [1.54, 1.807) is 45.7 Å². The topological polar surface area (TPSA) is 275 Å². The summed E-state index contributed by atoms with van der Waals surface area (Å²) in [4.78, 5) is 95.8. The second-order valence-corrected chi connectivity index (χ2v) is 18.0. The van der Waals surface area contributed by atoms with Crippen molar-refractivity contribution in [2.45, 2.75) is 122 Å². The van der Waals surface area contributed by atoms with Crippen molar-refractivity contribution in [3.8, 4) is 0 Å². The maximum absolute atomic E-state index is 14.3. The highest BCUT2D eigenvalue weighted by Crippen LogP contribution is 2.21. The first-order valence-corrected chi connectivity index (χ1v) is 23.6. The zero-order valence-electron chi connectivity index (χ0n) is 41.2. The predicted molar refractivity (Wildman–Crippen MR) is 259 cm³/mol. The molecule has 0 spiro atoms. The van der Waals surface area contributed by atoms with Crippen molar-refractivity contribution in [3.63, 3.8) is 0 Å². The van der Waals surface area contributed by atoms with Crippen LogP contribution in [0.2, 0.25) is 0 Å². The normalized spacial score (nSPS) is 17.0. The molecule has 0 bridgehead atoms. The lowest BCUT2D eigenvalue weighted by Gasteiger charge is -2.36. The molecule has 0 aromatic carbocycles. The smallest absolute Gasteiger partial charge is 0.320 e. The molecule has 0 fully saturated rings. The van der Waals surface area contributed by atoms with E-state index in [-0.39, 0.29) is 50.5 Å². The second kappa shape index (κ2) is 31.4. The number of ketones is 2. The number of carboxylic acid groups (broad SMARTS) is 4. The SMILES string of the molecule is C=C(C)CC(NC(=O)/C1=C/CC=C(CN(CCN(C)CC(=O)O)CCN(CCN(CC)CCC(=O)O)CC(=O)O)/C=C\C1)C(=O)C(C)(CC)NCC(=O)C(C)(CC)NC(CCCCN)C(=O)O. The Hall–Kier alpha value is -4.63. The second-order valence-electron chi connectivity index (χ2n) is 18.0. The Morgan fingerprint density at radius 2 is 1.40 bits per heavy atom. The number of carbonyl (C=O) groups excluding carboxylic acids is 3. The van der Waals surface area contributed by atoms with Crippen LogP contribution in [0.5, 0.6) is 0 Å². The number of carbonyl (C=O) groups is 7. The summed E-state index contributed by atoms with van der Waals surface area (Å²) in [6.07, 6.45) is 10.6. The van der Waals surface area contributed by atoms with Gasteiger partial charge in [-0.3, -0.25) is 58.9 Å². The van der Waals surface area contributed by atoms with Crippen LogP contribution in [0, 0.1) is 0 Å². The number of amides is 1. The van der Waals surface area contributed by atoms with Crippen LogP contribution in [0.1, 0.15) is 99.3 Å². The molecular formula is C48H82N8O11. The van der Waals surface area contributed by atoms with Crippen molar-refractivity contribution in [3.05, 3.63) is 47.6 Å². The number of nitrogens with zero attached hydrogens (tertiary/aromatic N) is 4. The summed E-state index contributed by atoms with van der Waals surface area (Å²) in [6, 6.07) is -1.91. The van der Waals surface area contributed by atoms with Gasteiger partial charge in [0.25, 0.3) is 0 Å². The number of hydrogen-bond donors (Lipinski definition) is 8. The van der Waals surface area contributed by atoms with Crippen LogP contribution in [0.4, 0.5) is 0 Å². The third-order valence-corrected chi connectivity index (χ3v) is 12.4. The Labute approximate surface area is 397 Å². The summed E-state index contributed by atoms with van der Waals surface area (Å²) in [5.41, 5.74) is 5.26. The fourth-order valence-corrected chi connectivity index (χ4v) is 7.57. The van der Waals surface area contributed by atoms with Crippen molar-refractivity contribution in [2.24, 2.45) is 5.73 Å². The fourth-order valence-electron chi connectivity index (χ4n) is 7.57. The first kappa shape index (κ1) is 60.4. The van der Waals surface area contributed by atoms with Gasteiger partial charge in [-0.15, -0.1) is 6.58 Å². The minimum absolute atomic E-state index is 0.0143. The largest absolute Gasteiger partial charge is 0.481 e. The van der Waals surface area contributed by atoms with Crippen LogP contribution in [0.25, 0.3) is 0 Å². The monoisotopic (exact) mass is 947 g/mol. The Morgan fingerprint density at radius 1 is 0.791 bits per heavy atom. The maximum atomic E-state index is 14.3. The molecule has 4 unspecified atom stereocenters. The molecule has 0 heterocycles. The Kier molecular flexibility index (Phi) is 28.3. The molecule has 1 aliphatic carbocycles. The molecule has 19 nitrogen and oxygen atoms in total. The zero-order chi connectivity index (χ0) is 50.7. The summed E-state index contributed by atoms with van der Waals surface area (Å²) in [5, 5.41) is 47.1. The van der Waals surface area contributed by atoms with Gasteiger partial charge in [-0.05, 0) is 91.4 Å². The molecule has 19 heteroatoms. The van der Waals surface area contributed by atoms with Gasteiger partial charge in [-0.1, -0.05) is 57.1 Å². The molecule has 0 radical (unpaired) electrons. The standard InChI is InChI=1S/C48H82N8O11/c1-9-47(6,52-38(46(66)67)20-12-13-22-49)40(57)31-50-48(7,10-2)44(64)39(30-35(4)5)51-45(65)37-18-14-16-36(17-15-19-37)32-55(25-24-53(8)33-42(60)61)28-29-56(34-43(62)63)27-26-54(11-3)23-21-41(58)59/h14,16-17,19,38-39,50,52H,4,9-13,15,18,20-34,49H2,1-3,5-8H3,(H,51,65)(H,58,59)(H,60,61)(H,62,63)(H,66,67)/b16-14-,36-17?,37-19+. The van der Waals surface area contributed by atoms with E-state index in [0.717, 1.165) is 5.57 Å². The molecule has 67 heavy (non-hydrogen) atoms. The van der Waals surface area contributed by atoms with Crippen molar-refractivity contribution in [1.29, 1.82) is 0 Å². The average molecular weight is 947 g/mol. The summed E-state index contributed by atoms with van der Waals surface area (Å²) in [6.45, 7) is 18.7. The van der Waals surface area contributed by atoms with Crippen LogP contribution >= 0.6 is 0 Å². The van der Waals surface area contributed by atoms with Gasteiger partial charge in [-0.2, -0.15) is 0 Å². The van der Waals surface area contributed by atoms with Gasteiger partial charge in [-0.25, -0.2) is 0 Å². The molecule has 0 saturated carbocycles. The number of likely N-dealkylation sites (N-methyl/N-ethyl adjacent to an activating group) is 2. The summed E-state index contributed by atoms with van der Waals surface area (Å²) >= 11 is 0. The van der Waals surface area contributed by atoms with Crippen molar-refractivity contribution >= 4 is 41.4 Å². The molecule has 1 rings (SSSR count). The first-order chi connectivity index (χ1) is 31.5. The summed E-state index contributed by atoms with van der Waals surface area (Å²) in [7, 11) is 1.72. The zero-order valence-corrected chi connectivity index (χ0v) is 41.2. The van der Waals surface area contributed by atoms with Crippen molar-refractivity contribution in [1.82, 2.24) is 35.6 Å². The molecule has 1 amide bonds. The average Bonchev–Trinajstić information content (AvgIpc) is 3.25. The molecule has 0 saturated heterocycles. The summed E-state index contributed by atoms with van der Waals surface area (Å²) in [5.74, 6) is -4.93. The number of carboxylic acids is 4. The van der Waals surface area contributed by atoms with Crippen LogP contribution in [0.3, 0.4) is 0 Å². The fraction of sp³-hybridized carbons (Fsp3) is 0.688. The molecule has 0 aromatic heterocycles. The highest BCUT2D eigenvalue weighted by molar-refractivity contribution is 6.01. The minimum atomic E-state index is -1.23. The van der Waals surface area contributed by atoms with Gasteiger partial charge >= 0.3 is 23.9 Å². The van der Waals surface area contributed by atoms with E-state index in [1.165, 1.54) is 0 Å². The number of nitrogens with two attached hydrogens (primary N) is 1. The number of unbranched alkanes of at least 4 members (excludes halogenated alkanes) is 1. The van der Waals surface area contributed by atoms with Crippen molar-refractivity contribution in [2.75, 3.05) is 92.1 Å². The Bertz CT molecular complexity index is 1750. The van der Waals surface area contributed by atoms with Crippen LogP contribution in [0.15, 0.2) is 47.6 Å². The minimum Gasteiger partial charge on any atom is -0.481 e. The van der Waals surface area contributed by atoms with Crippen molar-refractivity contribution < 1.29 is 54.0 Å². The molecule has 9 N–H and O–H groups in total. The highest BCUT2D eigenvalue weighted by Gasteiger charge is 2.40. The number of rotatable bonds is 38. The van der Waals surface area contributed by atoms with E-state index in [0.29, 0.717) is 115 Å². The van der Waals surface area contributed by atoms with Gasteiger partial charge < -0.3 is 36.4 Å². The first-order valence-electron chi connectivity index (χ1n) is 23.6. The quantitative estimate of drug-likeness (QED) is 0.0326.